The Balaban J connectivity index is 2.07. The van der Waals surface area contributed by atoms with Gasteiger partial charge in [0.2, 0.25) is 0 Å². The third-order valence-corrected chi connectivity index (χ3v) is 3.95. The minimum Gasteiger partial charge on any atom is -0.385 e. The molecule has 2 nitrogen and oxygen atoms in total. The Hall–Kier alpha value is -1.00. The summed E-state index contributed by atoms with van der Waals surface area (Å²) in [7, 11) is 0. The highest BCUT2D eigenvalue weighted by Gasteiger charge is 2.37. The summed E-state index contributed by atoms with van der Waals surface area (Å²) in [4.78, 5) is 0. The molecule has 0 amide bonds. The van der Waals surface area contributed by atoms with Crippen molar-refractivity contribution in [3.63, 3.8) is 0 Å². The van der Waals surface area contributed by atoms with Gasteiger partial charge in [-0.15, -0.1) is 0 Å². The Bertz CT molecular complexity index is 428. The Kier molecular flexibility index (Phi) is 4.53. The van der Waals surface area contributed by atoms with Crippen LogP contribution in [0.3, 0.4) is 0 Å². The maximum Gasteiger partial charge on any atom is 0.164 e. The highest BCUT2D eigenvalue weighted by molar-refractivity contribution is 5.26. The van der Waals surface area contributed by atoms with Crippen molar-refractivity contribution in [2.24, 2.45) is 0 Å². The maximum absolute atomic E-state index is 13.8. The Morgan fingerprint density at radius 1 is 1.32 bits per heavy atom. The minimum absolute atomic E-state index is 0.0986. The van der Waals surface area contributed by atoms with Crippen LogP contribution in [0.1, 0.15) is 44.6 Å². The summed E-state index contributed by atoms with van der Waals surface area (Å²) < 4.78 is 27.0. The lowest BCUT2D eigenvalue weighted by Crippen LogP contribution is -2.40. The molecule has 1 aliphatic carbocycles. The molecule has 0 aliphatic heterocycles. The number of nitrogens with one attached hydrogen (secondary N) is 1. The topological polar surface area (TPSA) is 32.3 Å². The molecule has 4 heteroatoms. The average molecular weight is 269 g/mol. The summed E-state index contributed by atoms with van der Waals surface area (Å²) in [6.07, 6.45) is 3.57. The number of hydrogen-bond acceptors (Lipinski definition) is 2. The first-order chi connectivity index (χ1) is 9.07. The van der Waals surface area contributed by atoms with Crippen LogP contribution in [0.15, 0.2) is 18.2 Å². The van der Waals surface area contributed by atoms with Gasteiger partial charge < -0.3 is 10.4 Å². The largest absolute Gasteiger partial charge is 0.385 e. The molecule has 0 atom stereocenters. The zero-order valence-corrected chi connectivity index (χ0v) is 11.3. The molecule has 0 heterocycles. The first-order valence-corrected chi connectivity index (χ1v) is 6.97. The number of benzene rings is 1. The van der Waals surface area contributed by atoms with Crippen LogP contribution >= 0.6 is 0 Å². The monoisotopic (exact) mass is 269 g/mol. The van der Waals surface area contributed by atoms with Crippen LogP contribution in [0.4, 0.5) is 8.78 Å². The fourth-order valence-corrected chi connectivity index (χ4v) is 2.78. The van der Waals surface area contributed by atoms with Crippen LogP contribution in [0, 0.1) is 11.6 Å². The lowest BCUT2D eigenvalue weighted by molar-refractivity contribution is -0.0117. The lowest BCUT2D eigenvalue weighted by atomic mass is 9.77. The summed E-state index contributed by atoms with van der Waals surface area (Å²) in [5.41, 5.74) is -1.13. The van der Waals surface area contributed by atoms with Gasteiger partial charge in [0.05, 0.1) is 5.60 Å². The summed E-state index contributed by atoms with van der Waals surface area (Å²) in [6.45, 7) is 3.06. The molecular weight excluding hydrogens is 248 g/mol. The molecule has 1 aliphatic rings. The molecule has 106 valence electrons. The predicted molar refractivity (Wildman–Crippen MR) is 70.8 cm³/mol. The van der Waals surface area contributed by atoms with Crippen LogP contribution in [-0.2, 0) is 5.60 Å². The average Bonchev–Trinajstić information content (AvgIpc) is 2.41. The second-order valence-electron chi connectivity index (χ2n) is 5.36. The van der Waals surface area contributed by atoms with Crippen LogP contribution < -0.4 is 5.32 Å². The van der Waals surface area contributed by atoms with Gasteiger partial charge in [0, 0.05) is 11.6 Å². The number of hydrogen-bond donors (Lipinski definition) is 2. The molecule has 0 aromatic heterocycles. The van der Waals surface area contributed by atoms with Crippen LogP contribution in [-0.4, -0.2) is 17.7 Å². The van der Waals surface area contributed by atoms with E-state index in [1.165, 1.54) is 12.1 Å². The van der Waals surface area contributed by atoms with Gasteiger partial charge in [-0.3, -0.25) is 0 Å². The summed E-state index contributed by atoms with van der Waals surface area (Å²) in [5, 5.41) is 14.0. The third kappa shape index (κ3) is 3.12. The summed E-state index contributed by atoms with van der Waals surface area (Å²) in [6, 6.07) is 4.39. The quantitative estimate of drug-likeness (QED) is 0.880. The SMILES string of the molecule is CCCNC1CCC(O)(c2cccc(F)c2F)CC1. The van der Waals surface area contributed by atoms with Gasteiger partial charge in [0.1, 0.15) is 0 Å². The molecule has 0 radical (unpaired) electrons. The fourth-order valence-electron chi connectivity index (χ4n) is 2.78. The van der Waals surface area contributed by atoms with Gasteiger partial charge in [-0.05, 0) is 44.7 Å². The molecule has 0 saturated heterocycles. The molecule has 2 N–H and O–H groups in total. The fraction of sp³-hybridized carbons (Fsp3) is 0.600. The summed E-state index contributed by atoms with van der Waals surface area (Å²) >= 11 is 0. The Labute approximate surface area is 112 Å². The van der Waals surface area contributed by atoms with E-state index in [0.29, 0.717) is 18.9 Å². The molecule has 0 bridgehead atoms. The van der Waals surface area contributed by atoms with Crippen molar-refractivity contribution in [2.45, 2.75) is 50.7 Å². The van der Waals surface area contributed by atoms with E-state index in [1.807, 2.05) is 0 Å². The molecular formula is C15H21F2NO. The van der Waals surface area contributed by atoms with E-state index >= 15 is 0 Å². The van der Waals surface area contributed by atoms with Gasteiger partial charge in [0.15, 0.2) is 11.6 Å². The van der Waals surface area contributed by atoms with Crippen molar-refractivity contribution in [1.82, 2.24) is 5.32 Å². The van der Waals surface area contributed by atoms with Crippen molar-refractivity contribution in [3.8, 4) is 0 Å². The maximum atomic E-state index is 13.8. The number of aliphatic hydroxyl groups is 1. The van der Waals surface area contributed by atoms with E-state index in [-0.39, 0.29) is 5.56 Å². The smallest absolute Gasteiger partial charge is 0.164 e. The molecule has 1 fully saturated rings. The van der Waals surface area contributed by atoms with Crippen molar-refractivity contribution in [3.05, 3.63) is 35.4 Å². The summed E-state index contributed by atoms with van der Waals surface area (Å²) in [5.74, 6) is -1.80. The number of rotatable bonds is 4. The normalized spacial score (nSPS) is 27.5. The standard InChI is InChI=1S/C15H21F2NO/c1-2-10-18-11-6-8-15(19,9-7-11)12-4-3-5-13(16)14(12)17/h3-5,11,18-19H,2,6-10H2,1H3. The van der Waals surface area contributed by atoms with E-state index in [0.717, 1.165) is 31.9 Å². The Morgan fingerprint density at radius 2 is 2.00 bits per heavy atom. The zero-order valence-electron chi connectivity index (χ0n) is 11.3. The highest BCUT2D eigenvalue weighted by atomic mass is 19.2. The minimum atomic E-state index is -1.23. The predicted octanol–water partition coefficient (Wildman–Crippen LogP) is 3.09. The van der Waals surface area contributed by atoms with E-state index in [4.69, 9.17) is 0 Å². The van der Waals surface area contributed by atoms with Crippen LogP contribution in [0.25, 0.3) is 0 Å². The zero-order chi connectivity index (χ0) is 13.9. The van der Waals surface area contributed by atoms with Crippen LogP contribution in [0.2, 0.25) is 0 Å². The van der Waals surface area contributed by atoms with E-state index in [9.17, 15) is 13.9 Å². The van der Waals surface area contributed by atoms with Crippen molar-refractivity contribution >= 4 is 0 Å². The molecule has 0 spiro atoms. The third-order valence-electron chi connectivity index (χ3n) is 3.95. The number of halogens is 2. The Morgan fingerprint density at radius 3 is 2.63 bits per heavy atom. The van der Waals surface area contributed by atoms with Gasteiger partial charge in [-0.25, -0.2) is 8.78 Å². The molecule has 2 rings (SSSR count). The van der Waals surface area contributed by atoms with E-state index in [2.05, 4.69) is 12.2 Å². The molecule has 1 saturated carbocycles. The van der Waals surface area contributed by atoms with Crippen molar-refractivity contribution in [1.29, 1.82) is 0 Å². The first-order valence-electron chi connectivity index (χ1n) is 6.97. The van der Waals surface area contributed by atoms with Gasteiger partial charge in [-0.2, -0.15) is 0 Å². The van der Waals surface area contributed by atoms with Gasteiger partial charge in [0.25, 0.3) is 0 Å². The lowest BCUT2D eigenvalue weighted by Gasteiger charge is -2.37. The van der Waals surface area contributed by atoms with Crippen molar-refractivity contribution in [2.75, 3.05) is 6.54 Å². The second-order valence-corrected chi connectivity index (χ2v) is 5.36. The van der Waals surface area contributed by atoms with Crippen molar-refractivity contribution < 1.29 is 13.9 Å². The molecule has 1 aromatic rings. The van der Waals surface area contributed by atoms with Gasteiger partial charge >= 0.3 is 0 Å². The molecule has 19 heavy (non-hydrogen) atoms. The van der Waals surface area contributed by atoms with Crippen LogP contribution in [0.5, 0.6) is 0 Å². The van der Waals surface area contributed by atoms with E-state index in [1.54, 1.807) is 0 Å². The highest BCUT2D eigenvalue weighted by Crippen LogP contribution is 2.38. The van der Waals surface area contributed by atoms with E-state index < -0.39 is 17.2 Å². The second kappa shape index (κ2) is 5.97. The molecule has 1 aromatic carbocycles. The van der Waals surface area contributed by atoms with Gasteiger partial charge in [-0.1, -0.05) is 19.1 Å². The molecule has 0 unspecified atom stereocenters. The first kappa shape index (κ1) is 14.4.